The van der Waals surface area contributed by atoms with E-state index in [1.807, 2.05) is 0 Å². The molecular formula is C8H19N3. The molecule has 0 bridgehead atoms. The molecule has 0 aromatic rings. The van der Waals surface area contributed by atoms with Crippen LogP contribution in [0.1, 0.15) is 12.8 Å². The first-order valence-corrected chi connectivity index (χ1v) is 4.49. The number of hydrogen-bond acceptors (Lipinski definition) is 3. The SMILES string of the molecule is NCCN(CCN)CC1CC1. The Morgan fingerprint density at radius 1 is 1.09 bits per heavy atom. The van der Waals surface area contributed by atoms with E-state index in [1.54, 1.807) is 0 Å². The van der Waals surface area contributed by atoms with Crippen LogP contribution in [0.2, 0.25) is 0 Å². The van der Waals surface area contributed by atoms with E-state index in [4.69, 9.17) is 11.5 Å². The summed E-state index contributed by atoms with van der Waals surface area (Å²) >= 11 is 0. The minimum Gasteiger partial charge on any atom is -0.329 e. The molecule has 1 aliphatic rings. The summed E-state index contributed by atoms with van der Waals surface area (Å²) < 4.78 is 0. The normalized spacial score (nSPS) is 17.7. The fourth-order valence-electron chi connectivity index (χ4n) is 1.33. The van der Waals surface area contributed by atoms with Crippen LogP contribution in [0.5, 0.6) is 0 Å². The first kappa shape index (κ1) is 8.97. The summed E-state index contributed by atoms with van der Waals surface area (Å²) in [4.78, 5) is 2.37. The van der Waals surface area contributed by atoms with Gasteiger partial charge in [-0.1, -0.05) is 0 Å². The third kappa shape index (κ3) is 3.70. The van der Waals surface area contributed by atoms with Gasteiger partial charge in [-0.15, -0.1) is 0 Å². The molecule has 66 valence electrons. The number of nitrogens with two attached hydrogens (primary N) is 2. The Morgan fingerprint density at radius 3 is 2.00 bits per heavy atom. The van der Waals surface area contributed by atoms with Crippen LogP contribution >= 0.6 is 0 Å². The monoisotopic (exact) mass is 157 g/mol. The van der Waals surface area contributed by atoms with E-state index in [2.05, 4.69) is 4.90 Å². The summed E-state index contributed by atoms with van der Waals surface area (Å²) in [5.74, 6) is 0.952. The lowest BCUT2D eigenvalue weighted by Crippen LogP contribution is -2.35. The zero-order valence-electron chi connectivity index (χ0n) is 7.13. The molecule has 0 aliphatic heterocycles. The molecular weight excluding hydrogens is 138 g/mol. The van der Waals surface area contributed by atoms with E-state index in [9.17, 15) is 0 Å². The number of hydrogen-bond donors (Lipinski definition) is 2. The van der Waals surface area contributed by atoms with Gasteiger partial charge in [0.2, 0.25) is 0 Å². The van der Waals surface area contributed by atoms with Gasteiger partial charge >= 0.3 is 0 Å². The topological polar surface area (TPSA) is 55.3 Å². The highest BCUT2D eigenvalue weighted by molar-refractivity contribution is 4.77. The fourth-order valence-corrected chi connectivity index (χ4v) is 1.33. The quantitative estimate of drug-likeness (QED) is 0.552. The summed E-state index contributed by atoms with van der Waals surface area (Å²) in [5.41, 5.74) is 10.9. The highest BCUT2D eigenvalue weighted by atomic mass is 15.1. The van der Waals surface area contributed by atoms with Crippen molar-refractivity contribution >= 4 is 0 Å². The zero-order valence-corrected chi connectivity index (χ0v) is 7.13. The summed E-state index contributed by atoms with van der Waals surface area (Å²) in [5, 5.41) is 0. The van der Waals surface area contributed by atoms with Gasteiger partial charge < -0.3 is 16.4 Å². The van der Waals surface area contributed by atoms with E-state index < -0.39 is 0 Å². The predicted octanol–water partition coefficient (Wildman–Crippen LogP) is -0.384. The van der Waals surface area contributed by atoms with Gasteiger partial charge in [-0.3, -0.25) is 0 Å². The molecule has 4 N–H and O–H groups in total. The van der Waals surface area contributed by atoms with Gasteiger partial charge in [-0.2, -0.15) is 0 Å². The van der Waals surface area contributed by atoms with Crippen LogP contribution in [0.4, 0.5) is 0 Å². The molecule has 0 aromatic carbocycles. The van der Waals surface area contributed by atoms with Gasteiger partial charge in [0, 0.05) is 32.7 Å². The lowest BCUT2D eigenvalue weighted by atomic mass is 10.3. The van der Waals surface area contributed by atoms with E-state index >= 15 is 0 Å². The first-order valence-electron chi connectivity index (χ1n) is 4.49. The van der Waals surface area contributed by atoms with E-state index in [1.165, 1.54) is 19.4 Å². The average Bonchev–Trinajstić information content (AvgIpc) is 2.73. The average molecular weight is 157 g/mol. The molecule has 0 saturated heterocycles. The Bertz CT molecular complexity index is 95.5. The Labute approximate surface area is 68.7 Å². The molecule has 0 heterocycles. The molecule has 0 aromatic heterocycles. The Kier molecular flexibility index (Phi) is 3.83. The van der Waals surface area contributed by atoms with E-state index in [0.717, 1.165) is 32.1 Å². The van der Waals surface area contributed by atoms with Crippen molar-refractivity contribution in [1.29, 1.82) is 0 Å². The maximum absolute atomic E-state index is 5.47. The maximum atomic E-state index is 5.47. The van der Waals surface area contributed by atoms with Crippen molar-refractivity contribution in [3.63, 3.8) is 0 Å². The molecule has 1 saturated carbocycles. The molecule has 3 nitrogen and oxygen atoms in total. The summed E-state index contributed by atoms with van der Waals surface area (Å²) in [6, 6.07) is 0. The highest BCUT2D eigenvalue weighted by Crippen LogP contribution is 2.29. The summed E-state index contributed by atoms with van der Waals surface area (Å²) in [6.07, 6.45) is 2.82. The van der Waals surface area contributed by atoms with Crippen LogP contribution in [-0.4, -0.2) is 37.6 Å². The zero-order chi connectivity index (χ0) is 8.10. The molecule has 1 aliphatic carbocycles. The van der Waals surface area contributed by atoms with Gasteiger partial charge in [0.05, 0.1) is 0 Å². The van der Waals surface area contributed by atoms with Crippen molar-refractivity contribution in [2.24, 2.45) is 17.4 Å². The summed E-state index contributed by atoms with van der Waals surface area (Å²) in [7, 11) is 0. The summed E-state index contributed by atoms with van der Waals surface area (Å²) in [6.45, 7) is 4.75. The molecule has 0 amide bonds. The smallest absolute Gasteiger partial charge is 0.0105 e. The third-order valence-electron chi connectivity index (χ3n) is 2.10. The Hall–Kier alpha value is -0.120. The molecule has 1 fully saturated rings. The van der Waals surface area contributed by atoms with Crippen LogP contribution in [0.25, 0.3) is 0 Å². The minimum absolute atomic E-state index is 0.757. The van der Waals surface area contributed by atoms with E-state index in [0.29, 0.717) is 0 Å². The standard InChI is InChI=1S/C8H19N3/c9-3-5-11(6-4-10)7-8-1-2-8/h8H,1-7,9-10H2. The second-order valence-electron chi connectivity index (χ2n) is 3.32. The van der Waals surface area contributed by atoms with Crippen molar-refractivity contribution in [3.05, 3.63) is 0 Å². The highest BCUT2D eigenvalue weighted by Gasteiger charge is 2.23. The third-order valence-corrected chi connectivity index (χ3v) is 2.10. The second kappa shape index (κ2) is 4.70. The number of nitrogens with zero attached hydrogens (tertiary/aromatic N) is 1. The van der Waals surface area contributed by atoms with Crippen LogP contribution in [0.3, 0.4) is 0 Å². The molecule has 0 spiro atoms. The molecule has 11 heavy (non-hydrogen) atoms. The molecule has 1 rings (SSSR count). The van der Waals surface area contributed by atoms with Gasteiger partial charge in [-0.05, 0) is 18.8 Å². The van der Waals surface area contributed by atoms with E-state index in [-0.39, 0.29) is 0 Å². The van der Waals surface area contributed by atoms with Crippen LogP contribution in [-0.2, 0) is 0 Å². The maximum Gasteiger partial charge on any atom is 0.0105 e. The first-order chi connectivity index (χ1) is 5.36. The minimum atomic E-state index is 0.757. The second-order valence-corrected chi connectivity index (χ2v) is 3.32. The van der Waals surface area contributed by atoms with Crippen molar-refractivity contribution < 1.29 is 0 Å². The van der Waals surface area contributed by atoms with Crippen molar-refractivity contribution in [1.82, 2.24) is 4.90 Å². The lowest BCUT2D eigenvalue weighted by molar-refractivity contribution is 0.277. The number of rotatable bonds is 6. The van der Waals surface area contributed by atoms with Crippen LogP contribution in [0.15, 0.2) is 0 Å². The van der Waals surface area contributed by atoms with Crippen LogP contribution in [0, 0.1) is 5.92 Å². The molecule has 3 heteroatoms. The van der Waals surface area contributed by atoms with Gasteiger partial charge in [0.1, 0.15) is 0 Å². The fraction of sp³-hybridized carbons (Fsp3) is 1.00. The van der Waals surface area contributed by atoms with Gasteiger partial charge in [0.25, 0.3) is 0 Å². The van der Waals surface area contributed by atoms with Gasteiger partial charge in [-0.25, -0.2) is 0 Å². The predicted molar refractivity (Wildman–Crippen MR) is 47.3 cm³/mol. The van der Waals surface area contributed by atoms with Crippen molar-refractivity contribution in [2.45, 2.75) is 12.8 Å². The molecule has 0 atom stereocenters. The van der Waals surface area contributed by atoms with Crippen LogP contribution < -0.4 is 11.5 Å². The Balaban J connectivity index is 2.08. The van der Waals surface area contributed by atoms with Gasteiger partial charge in [0.15, 0.2) is 0 Å². The Morgan fingerprint density at radius 2 is 1.64 bits per heavy atom. The lowest BCUT2D eigenvalue weighted by Gasteiger charge is -2.19. The molecule has 0 radical (unpaired) electrons. The largest absolute Gasteiger partial charge is 0.329 e. The molecule has 0 unspecified atom stereocenters. The van der Waals surface area contributed by atoms with Crippen molar-refractivity contribution in [3.8, 4) is 0 Å². The van der Waals surface area contributed by atoms with Crippen molar-refractivity contribution in [2.75, 3.05) is 32.7 Å².